The molecule has 0 aromatic heterocycles. The van der Waals surface area contributed by atoms with E-state index in [0.29, 0.717) is 36.4 Å². The van der Waals surface area contributed by atoms with Gasteiger partial charge in [0.15, 0.2) is 17.3 Å². The number of ether oxygens (including phenoxy) is 2. The van der Waals surface area contributed by atoms with E-state index in [-0.39, 0.29) is 23.6 Å². The molecule has 24 heavy (non-hydrogen) atoms. The number of piperidine rings is 1. The summed E-state index contributed by atoms with van der Waals surface area (Å²) in [5.74, 6) is 0.266. The van der Waals surface area contributed by atoms with Crippen molar-refractivity contribution < 1.29 is 23.9 Å². The van der Waals surface area contributed by atoms with Crippen LogP contribution in [0.1, 0.15) is 23.2 Å². The molecule has 2 amide bonds. The number of carbonyl (C=O) groups excluding carboxylic acids is 3. The van der Waals surface area contributed by atoms with E-state index in [1.165, 1.54) is 26.4 Å². The van der Waals surface area contributed by atoms with Crippen LogP contribution in [0.5, 0.6) is 11.5 Å². The Morgan fingerprint density at radius 3 is 2.58 bits per heavy atom. The van der Waals surface area contributed by atoms with E-state index in [1.54, 1.807) is 18.2 Å². The van der Waals surface area contributed by atoms with Crippen molar-refractivity contribution in [1.29, 1.82) is 0 Å². The molecule has 128 valence electrons. The molecule has 7 heteroatoms. The summed E-state index contributed by atoms with van der Waals surface area (Å²) in [5, 5.41) is 5.43. The number of methoxy groups -OCH3 is 2. The van der Waals surface area contributed by atoms with Crippen molar-refractivity contribution >= 4 is 17.6 Å². The maximum absolute atomic E-state index is 12.1. The minimum Gasteiger partial charge on any atom is -0.493 e. The van der Waals surface area contributed by atoms with E-state index >= 15 is 0 Å². The molecule has 1 aromatic carbocycles. The van der Waals surface area contributed by atoms with Crippen molar-refractivity contribution in [2.45, 2.75) is 18.9 Å². The predicted molar refractivity (Wildman–Crippen MR) is 87.2 cm³/mol. The first-order valence-corrected chi connectivity index (χ1v) is 7.55. The van der Waals surface area contributed by atoms with Crippen LogP contribution in [0.3, 0.4) is 0 Å². The van der Waals surface area contributed by atoms with Gasteiger partial charge in [0.1, 0.15) is 0 Å². The largest absolute Gasteiger partial charge is 0.493 e. The molecule has 1 unspecified atom stereocenters. The van der Waals surface area contributed by atoms with Gasteiger partial charge in [-0.1, -0.05) is 0 Å². The number of ketones is 1. The Labute approximate surface area is 140 Å². The smallest absolute Gasteiger partial charge is 0.244 e. The van der Waals surface area contributed by atoms with Gasteiger partial charge in [0.2, 0.25) is 11.8 Å². The average Bonchev–Trinajstić information content (AvgIpc) is 2.61. The summed E-state index contributed by atoms with van der Waals surface area (Å²) >= 11 is 0. The van der Waals surface area contributed by atoms with Crippen LogP contribution in [-0.2, 0) is 9.59 Å². The van der Waals surface area contributed by atoms with Gasteiger partial charge < -0.3 is 20.1 Å². The maximum atomic E-state index is 12.1. The van der Waals surface area contributed by atoms with E-state index in [9.17, 15) is 14.4 Å². The van der Waals surface area contributed by atoms with Gasteiger partial charge in [0, 0.05) is 30.6 Å². The molecule has 2 rings (SSSR count). The zero-order valence-electron chi connectivity index (χ0n) is 13.6. The quantitative estimate of drug-likeness (QED) is 0.595. The van der Waals surface area contributed by atoms with E-state index in [4.69, 9.17) is 9.47 Å². The highest BCUT2D eigenvalue weighted by Crippen LogP contribution is 2.27. The number of amides is 2. The van der Waals surface area contributed by atoms with Crippen LogP contribution < -0.4 is 20.1 Å². The number of allylic oxidation sites excluding steroid dienone is 1. The Morgan fingerprint density at radius 2 is 1.96 bits per heavy atom. The van der Waals surface area contributed by atoms with E-state index in [1.807, 2.05) is 0 Å². The number of hydrogen-bond donors (Lipinski definition) is 2. The Hall–Kier alpha value is -2.83. The first-order valence-electron chi connectivity index (χ1n) is 7.55. The summed E-state index contributed by atoms with van der Waals surface area (Å²) in [5.41, 5.74) is 0.390. The highest BCUT2D eigenvalue weighted by molar-refractivity contribution is 6.08. The second kappa shape index (κ2) is 8.14. The summed E-state index contributed by atoms with van der Waals surface area (Å²) < 4.78 is 10.3. The van der Waals surface area contributed by atoms with E-state index in [2.05, 4.69) is 10.6 Å². The molecule has 1 saturated heterocycles. The number of nitrogens with one attached hydrogen (secondary N) is 2. The summed E-state index contributed by atoms with van der Waals surface area (Å²) in [6.07, 6.45) is 3.38. The highest BCUT2D eigenvalue weighted by Gasteiger charge is 2.18. The van der Waals surface area contributed by atoms with Crippen LogP contribution in [0.25, 0.3) is 0 Å². The van der Waals surface area contributed by atoms with Crippen molar-refractivity contribution in [3.63, 3.8) is 0 Å². The van der Waals surface area contributed by atoms with Gasteiger partial charge in [-0.2, -0.15) is 0 Å². The van der Waals surface area contributed by atoms with Crippen LogP contribution >= 0.6 is 0 Å². The third-order valence-electron chi connectivity index (χ3n) is 3.67. The van der Waals surface area contributed by atoms with Crippen molar-refractivity contribution in [3.8, 4) is 11.5 Å². The first kappa shape index (κ1) is 17.5. The monoisotopic (exact) mass is 332 g/mol. The molecule has 0 spiro atoms. The highest BCUT2D eigenvalue weighted by atomic mass is 16.5. The fourth-order valence-electron chi connectivity index (χ4n) is 2.34. The van der Waals surface area contributed by atoms with Gasteiger partial charge in [0.25, 0.3) is 0 Å². The fraction of sp³-hybridized carbons (Fsp3) is 0.353. The van der Waals surface area contributed by atoms with Crippen molar-refractivity contribution in [2.24, 2.45) is 0 Å². The third kappa shape index (κ3) is 4.58. The van der Waals surface area contributed by atoms with Gasteiger partial charge in [0.05, 0.1) is 14.2 Å². The second-order valence-corrected chi connectivity index (χ2v) is 5.32. The van der Waals surface area contributed by atoms with Crippen molar-refractivity contribution in [2.75, 3.05) is 20.8 Å². The molecule has 1 aliphatic heterocycles. The third-order valence-corrected chi connectivity index (χ3v) is 3.67. The van der Waals surface area contributed by atoms with Crippen molar-refractivity contribution in [1.82, 2.24) is 10.6 Å². The summed E-state index contributed by atoms with van der Waals surface area (Å²) in [6, 6.07) is 4.67. The van der Waals surface area contributed by atoms with Crippen LogP contribution in [0.4, 0.5) is 0 Å². The molecular formula is C17H20N2O5. The van der Waals surface area contributed by atoms with Crippen molar-refractivity contribution in [3.05, 3.63) is 35.9 Å². The minimum absolute atomic E-state index is 0.0142. The molecule has 0 saturated carbocycles. The van der Waals surface area contributed by atoms with Gasteiger partial charge >= 0.3 is 0 Å². The minimum atomic E-state index is -0.370. The molecule has 1 heterocycles. The standard InChI is InChI=1S/C17H20N2O5/c1-23-14-6-3-11(9-15(14)24-2)13(20)5-8-17(22)19-12-4-7-16(21)18-10-12/h3,5-6,8-9,12H,4,7,10H2,1-2H3,(H,18,21)(H,19,22)/b8-5+. The number of hydrogen-bond acceptors (Lipinski definition) is 5. The van der Waals surface area contributed by atoms with Crippen LogP contribution in [0.15, 0.2) is 30.4 Å². The SMILES string of the molecule is COc1ccc(C(=O)/C=C/C(=O)NC2CCC(=O)NC2)cc1OC. The molecule has 7 nitrogen and oxygen atoms in total. The van der Waals surface area contributed by atoms with Gasteiger partial charge in [-0.3, -0.25) is 14.4 Å². The molecule has 1 fully saturated rings. The zero-order valence-corrected chi connectivity index (χ0v) is 13.6. The first-order chi connectivity index (χ1) is 11.5. The number of carbonyl (C=O) groups is 3. The number of benzene rings is 1. The fourth-order valence-corrected chi connectivity index (χ4v) is 2.34. The van der Waals surface area contributed by atoms with Crippen LogP contribution in [0.2, 0.25) is 0 Å². The topological polar surface area (TPSA) is 93.7 Å². The molecule has 1 atom stereocenters. The summed E-state index contributed by atoms with van der Waals surface area (Å²) in [6.45, 7) is 0.405. The normalized spacial score (nSPS) is 17.2. The molecule has 0 radical (unpaired) electrons. The number of rotatable bonds is 6. The zero-order chi connectivity index (χ0) is 17.5. The maximum Gasteiger partial charge on any atom is 0.244 e. The molecule has 0 bridgehead atoms. The van der Waals surface area contributed by atoms with Gasteiger partial charge in [-0.25, -0.2) is 0 Å². The van der Waals surface area contributed by atoms with E-state index < -0.39 is 0 Å². The predicted octanol–water partition coefficient (Wildman–Crippen LogP) is 0.837. The lowest BCUT2D eigenvalue weighted by Gasteiger charge is -2.22. The van der Waals surface area contributed by atoms with Gasteiger partial charge in [-0.15, -0.1) is 0 Å². The van der Waals surface area contributed by atoms with Gasteiger partial charge in [-0.05, 0) is 30.7 Å². The molecule has 1 aliphatic rings. The Morgan fingerprint density at radius 1 is 1.21 bits per heavy atom. The van der Waals surface area contributed by atoms with E-state index in [0.717, 1.165) is 0 Å². The lowest BCUT2D eigenvalue weighted by Crippen LogP contribution is -2.47. The Kier molecular flexibility index (Phi) is 5.95. The van der Waals surface area contributed by atoms with Crippen LogP contribution in [0, 0.1) is 0 Å². The Balaban J connectivity index is 1.94. The van der Waals surface area contributed by atoms with Crippen LogP contribution in [-0.4, -0.2) is 44.4 Å². The molecule has 0 aliphatic carbocycles. The summed E-state index contributed by atoms with van der Waals surface area (Å²) in [7, 11) is 3.00. The molecule has 2 N–H and O–H groups in total. The molecule has 1 aromatic rings. The Bertz CT molecular complexity index is 659. The molecular weight excluding hydrogens is 312 g/mol. The average molecular weight is 332 g/mol. The lowest BCUT2D eigenvalue weighted by molar-refractivity contribution is -0.124. The summed E-state index contributed by atoms with van der Waals surface area (Å²) in [4.78, 5) is 35.0. The lowest BCUT2D eigenvalue weighted by atomic mass is 10.1. The second-order valence-electron chi connectivity index (χ2n) is 5.32.